The first-order valence-corrected chi connectivity index (χ1v) is 9.19. The lowest BCUT2D eigenvalue weighted by atomic mass is 9.97. The molecule has 0 spiro atoms. The van der Waals surface area contributed by atoms with Crippen LogP contribution in [-0.2, 0) is 13.0 Å². The molecule has 0 atom stereocenters. The van der Waals surface area contributed by atoms with Crippen LogP contribution >= 0.6 is 24.8 Å². The summed E-state index contributed by atoms with van der Waals surface area (Å²) in [4.78, 5) is 15.1. The number of anilines is 2. The van der Waals surface area contributed by atoms with Crippen molar-refractivity contribution < 1.29 is 4.79 Å². The van der Waals surface area contributed by atoms with Gasteiger partial charge in [0, 0.05) is 30.0 Å². The Kier molecular flexibility index (Phi) is 9.64. The van der Waals surface area contributed by atoms with Crippen molar-refractivity contribution in [1.82, 2.24) is 4.90 Å². The number of fused-ring (bicyclic) bond motifs is 1. The van der Waals surface area contributed by atoms with E-state index in [-0.39, 0.29) is 30.7 Å². The number of rotatable bonds is 6. The topological polar surface area (TPSA) is 44.4 Å². The van der Waals surface area contributed by atoms with Crippen LogP contribution in [-0.4, -0.2) is 30.4 Å². The van der Waals surface area contributed by atoms with Gasteiger partial charge in [0.15, 0.2) is 0 Å². The molecule has 6 heteroatoms. The summed E-state index contributed by atoms with van der Waals surface area (Å²) in [6, 6.07) is 14.1. The van der Waals surface area contributed by atoms with E-state index in [0.29, 0.717) is 0 Å². The van der Waals surface area contributed by atoms with Gasteiger partial charge in [0.1, 0.15) is 0 Å². The van der Waals surface area contributed by atoms with Gasteiger partial charge in [-0.15, -0.1) is 24.8 Å². The van der Waals surface area contributed by atoms with Gasteiger partial charge in [-0.05, 0) is 61.3 Å². The van der Waals surface area contributed by atoms with E-state index >= 15 is 0 Å². The number of benzene rings is 2. The Morgan fingerprint density at radius 1 is 1.11 bits per heavy atom. The highest BCUT2D eigenvalue weighted by atomic mass is 35.5. The van der Waals surface area contributed by atoms with E-state index in [4.69, 9.17) is 0 Å². The van der Waals surface area contributed by atoms with Crippen molar-refractivity contribution >= 4 is 42.1 Å². The minimum Gasteiger partial charge on any atom is -0.385 e. The summed E-state index contributed by atoms with van der Waals surface area (Å²) in [5.41, 5.74) is 5.08. The number of nitrogens with one attached hydrogen (secondary N) is 2. The summed E-state index contributed by atoms with van der Waals surface area (Å²) in [5, 5.41) is 6.45. The zero-order valence-electron chi connectivity index (χ0n) is 16.0. The number of hydrogen-bond donors (Lipinski definition) is 2. The molecular formula is C21H29Cl2N3O. The van der Waals surface area contributed by atoms with E-state index in [1.165, 1.54) is 5.56 Å². The fraction of sp³-hybridized carbons (Fsp3) is 0.381. The first-order chi connectivity index (χ1) is 12.2. The minimum absolute atomic E-state index is 0. The maximum absolute atomic E-state index is 12.8. The smallest absolute Gasteiger partial charge is 0.256 e. The molecule has 0 bridgehead atoms. The Labute approximate surface area is 174 Å². The summed E-state index contributed by atoms with van der Waals surface area (Å²) < 4.78 is 0. The predicted octanol–water partition coefficient (Wildman–Crippen LogP) is 4.98. The zero-order chi connectivity index (χ0) is 17.6. The number of carbonyl (C=O) groups excluding carboxylic acids is 1. The Hall–Kier alpha value is -1.75. The van der Waals surface area contributed by atoms with Gasteiger partial charge < -0.3 is 10.6 Å². The lowest BCUT2D eigenvalue weighted by Gasteiger charge is -2.21. The molecule has 1 amide bonds. The van der Waals surface area contributed by atoms with Crippen LogP contribution in [0.3, 0.4) is 0 Å². The molecule has 0 unspecified atom stereocenters. The fourth-order valence-corrected chi connectivity index (χ4v) is 3.37. The monoisotopic (exact) mass is 409 g/mol. The SMILES string of the molecule is CCN(CC)Cc1cccc(NC(=O)c2cccc3c2CCCN3)c1.Cl.Cl. The standard InChI is InChI=1S/C21H27N3O.2ClH/c1-3-24(4-2)15-16-8-5-9-17(14-16)23-21(25)19-10-6-12-20-18(19)11-7-13-22-20;;/h5-6,8-10,12,14,22H,3-4,7,11,13,15H2,1-2H3,(H,23,25);2*1H. The summed E-state index contributed by atoms with van der Waals surface area (Å²) >= 11 is 0. The summed E-state index contributed by atoms with van der Waals surface area (Å²) in [6.07, 6.45) is 2.02. The van der Waals surface area contributed by atoms with Crippen LogP contribution in [0.25, 0.3) is 0 Å². The lowest BCUT2D eigenvalue weighted by Crippen LogP contribution is -2.22. The number of hydrogen-bond acceptors (Lipinski definition) is 3. The molecule has 1 aliphatic rings. The normalized spacial score (nSPS) is 12.3. The molecule has 27 heavy (non-hydrogen) atoms. The van der Waals surface area contributed by atoms with Gasteiger partial charge in [-0.3, -0.25) is 9.69 Å². The largest absolute Gasteiger partial charge is 0.385 e. The van der Waals surface area contributed by atoms with Crippen molar-refractivity contribution in [3.63, 3.8) is 0 Å². The number of carbonyl (C=O) groups is 1. The molecule has 4 nitrogen and oxygen atoms in total. The Morgan fingerprint density at radius 2 is 1.85 bits per heavy atom. The molecule has 2 aromatic rings. The quantitative estimate of drug-likeness (QED) is 0.706. The molecule has 3 rings (SSSR count). The average molecular weight is 410 g/mol. The van der Waals surface area contributed by atoms with Crippen molar-refractivity contribution in [3.8, 4) is 0 Å². The van der Waals surface area contributed by atoms with E-state index in [2.05, 4.69) is 47.6 Å². The molecule has 2 aromatic carbocycles. The maximum atomic E-state index is 12.8. The Balaban J connectivity index is 0.00000182. The van der Waals surface area contributed by atoms with Crippen LogP contribution in [0, 0.1) is 0 Å². The predicted molar refractivity (Wildman–Crippen MR) is 119 cm³/mol. The van der Waals surface area contributed by atoms with Gasteiger partial charge in [-0.2, -0.15) is 0 Å². The third-order valence-corrected chi connectivity index (χ3v) is 4.83. The third-order valence-electron chi connectivity index (χ3n) is 4.83. The maximum Gasteiger partial charge on any atom is 0.256 e. The Bertz CT molecular complexity index is 748. The number of nitrogens with zero attached hydrogens (tertiary/aromatic N) is 1. The van der Waals surface area contributed by atoms with Gasteiger partial charge in [0.05, 0.1) is 0 Å². The molecule has 0 fully saturated rings. The van der Waals surface area contributed by atoms with E-state index in [1.807, 2.05) is 24.3 Å². The second-order valence-corrected chi connectivity index (χ2v) is 6.48. The van der Waals surface area contributed by atoms with Crippen molar-refractivity contribution in [3.05, 3.63) is 59.2 Å². The summed E-state index contributed by atoms with van der Waals surface area (Å²) in [5.74, 6) is -0.0273. The molecular weight excluding hydrogens is 381 g/mol. The van der Waals surface area contributed by atoms with Gasteiger partial charge in [-0.25, -0.2) is 0 Å². The highest BCUT2D eigenvalue weighted by Gasteiger charge is 2.17. The van der Waals surface area contributed by atoms with Gasteiger partial charge in [0.2, 0.25) is 0 Å². The van der Waals surface area contributed by atoms with E-state index in [9.17, 15) is 4.79 Å². The van der Waals surface area contributed by atoms with Crippen LogP contribution < -0.4 is 10.6 Å². The molecule has 2 N–H and O–H groups in total. The van der Waals surface area contributed by atoms with Gasteiger partial charge in [0.25, 0.3) is 5.91 Å². The minimum atomic E-state index is -0.0273. The first kappa shape index (κ1) is 23.3. The van der Waals surface area contributed by atoms with E-state index in [0.717, 1.165) is 61.5 Å². The number of halogens is 2. The molecule has 0 saturated carbocycles. The van der Waals surface area contributed by atoms with E-state index < -0.39 is 0 Å². The summed E-state index contributed by atoms with van der Waals surface area (Å²) in [6.45, 7) is 8.27. The molecule has 0 radical (unpaired) electrons. The summed E-state index contributed by atoms with van der Waals surface area (Å²) in [7, 11) is 0. The highest BCUT2D eigenvalue weighted by Crippen LogP contribution is 2.26. The Morgan fingerprint density at radius 3 is 2.59 bits per heavy atom. The van der Waals surface area contributed by atoms with Gasteiger partial charge in [-0.1, -0.05) is 32.0 Å². The van der Waals surface area contributed by atoms with Crippen LogP contribution in [0.5, 0.6) is 0 Å². The lowest BCUT2D eigenvalue weighted by molar-refractivity contribution is 0.102. The molecule has 1 aliphatic heterocycles. The third kappa shape index (κ3) is 5.86. The first-order valence-electron chi connectivity index (χ1n) is 9.19. The average Bonchev–Trinajstić information content (AvgIpc) is 2.66. The van der Waals surface area contributed by atoms with Crippen molar-refractivity contribution in [2.75, 3.05) is 30.3 Å². The number of amides is 1. The second-order valence-electron chi connectivity index (χ2n) is 6.48. The van der Waals surface area contributed by atoms with Crippen LogP contribution in [0.4, 0.5) is 11.4 Å². The van der Waals surface area contributed by atoms with Crippen LogP contribution in [0.1, 0.15) is 41.8 Å². The molecule has 1 heterocycles. The van der Waals surface area contributed by atoms with Crippen LogP contribution in [0.2, 0.25) is 0 Å². The van der Waals surface area contributed by atoms with Gasteiger partial charge >= 0.3 is 0 Å². The van der Waals surface area contributed by atoms with Crippen molar-refractivity contribution in [2.24, 2.45) is 0 Å². The molecule has 0 saturated heterocycles. The van der Waals surface area contributed by atoms with Crippen molar-refractivity contribution in [2.45, 2.75) is 33.2 Å². The second kappa shape index (κ2) is 11.2. The van der Waals surface area contributed by atoms with Crippen molar-refractivity contribution in [1.29, 1.82) is 0 Å². The fourth-order valence-electron chi connectivity index (χ4n) is 3.37. The molecule has 148 valence electrons. The van der Waals surface area contributed by atoms with E-state index in [1.54, 1.807) is 0 Å². The highest BCUT2D eigenvalue weighted by molar-refractivity contribution is 6.06. The zero-order valence-corrected chi connectivity index (χ0v) is 17.6. The molecule has 0 aromatic heterocycles. The molecule has 0 aliphatic carbocycles. The van der Waals surface area contributed by atoms with Crippen LogP contribution in [0.15, 0.2) is 42.5 Å².